The van der Waals surface area contributed by atoms with Gasteiger partial charge in [-0.15, -0.1) is 11.3 Å². The van der Waals surface area contributed by atoms with Gasteiger partial charge < -0.3 is 15.4 Å². The van der Waals surface area contributed by atoms with Crippen molar-refractivity contribution < 1.29 is 9.53 Å². The quantitative estimate of drug-likeness (QED) is 0.911. The molecule has 2 atom stereocenters. The molecule has 0 bridgehead atoms. The summed E-state index contributed by atoms with van der Waals surface area (Å²) < 4.78 is 5.79. The van der Waals surface area contributed by atoms with E-state index in [-0.39, 0.29) is 18.2 Å². The smallest absolute Gasteiger partial charge is 0.315 e. The summed E-state index contributed by atoms with van der Waals surface area (Å²) >= 11 is 1.64. The van der Waals surface area contributed by atoms with Crippen molar-refractivity contribution in [3.8, 4) is 5.75 Å². The summed E-state index contributed by atoms with van der Waals surface area (Å²) in [6, 6.07) is 11.9. The largest absolute Gasteiger partial charge is 0.488 e. The molecule has 1 aliphatic heterocycles. The first-order valence-electron chi connectivity index (χ1n) is 7.04. The number of carbonyl (C=O) groups is 1. The lowest BCUT2D eigenvalue weighted by molar-refractivity contribution is 0.212. The third-order valence-corrected chi connectivity index (χ3v) is 4.58. The van der Waals surface area contributed by atoms with E-state index < -0.39 is 0 Å². The Bertz CT molecular complexity index is 587. The van der Waals surface area contributed by atoms with E-state index in [0.717, 1.165) is 17.0 Å². The number of carbonyl (C=O) groups excluding carboxylic acids is 1. The highest BCUT2D eigenvalue weighted by molar-refractivity contribution is 7.10. The average molecular weight is 302 g/mol. The maximum absolute atomic E-state index is 11.9. The fraction of sp³-hybridized carbons (Fsp3) is 0.312. The minimum atomic E-state index is -0.157. The molecule has 0 fully saturated rings. The fourth-order valence-electron chi connectivity index (χ4n) is 2.43. The van der Waals surface area contributed by atoms with E-state index in [2.05, 4.69) is 16.7 Å². The Morgan fingerprint density at radius 3 is 3.00 bits per heavy atom. The van der Waals surface area contributed by atoms with Gasteiger partial charge in [0.15, 0.2) is 0 Å². The summed E-state index contributed by atoms with van der Waals surface area (Å²) in [7, 11) is 0. The summed E-state index contributed by atoms with van der Waals surface area (Å²) in [4.78, 5) is 13.1. The second-order valence-electron chi connectivity index (χ2n) is 5.14. The van der Waals surface area contributed by atoms with Gasteiger partial charge in [-0.1, -0.05) is 24.3 Å². The van der Waals surface area contributed by atoms with Gasteiger partial charge in [0.2, 0.25) is 0 Å². The Labute approximate surface area is 128 Å². The molecule has 2 aromatic rings. The van der Waals surface area contributed by atoms with E-state index in [1.54, 1.807) is 11.3 Å². The van der Waals surface area contributed by atoms with Crippen LogP contribution in [0.5, 0.6) is 5.75 Å². The highest BCUT2D eigenvalue weighted by atomic mass is 32.1. The van der Waals surface area contributed by atoms with Crippen molar-refractivity contribution in [2.75, 3.05) is 6.54 Å². The van der Waals surface area contributed by atoms with Crippen molar-refractivity contribution in [2.45, 2.75) is 25.5 Å². The van der Waals surface area contributed by atoms with E-state index in [1.807, 2.05) is 42.6 Å². The topological polar surface area (TPSA) is 50.4 Å². The van der Waals surface area contributed by atoms with Gasteiger partial charge in [-0.05, 0) is 30.0 Å². The van der Waals surface area contributed by atoms with Crippen molar-refractivity contribution >= 4 is 17.4 Å². The van der Waals surface area contributed by atoms with Crippen molar-refractivity contribution in [3.05, 3.63) is 52.2 Å². The molecule has 0 radical (unpaired) electrons. The highest BCUT2D eigenvalue weighted by Gasteiger charge is 2.22. The van der Waals surface area contributed by atoms with E-state index in [9.17, 15) is 4.79 Å². The third-order valence-electron chi connectivity index (χ3n) is 3.52. The van der Waals surface area contributed by atoms with Crippen LogP contribution in [-0.4, -0.2) is 18.7 Å². The predicted octanol–water partition coefficient (Wildman–Crippen LogP) is 3.11. The number of hydrogen-bond donors (Lipinski definition) is 2. The Hall–Kier alpha value is -2.01. The van der Waals surface area contributed by atoms with Gasteiger partial charge in [-0.3, -0.25) is 0 Å². The Morgan fingerprint density at radius 1 is 1.38 bits per heavy atom. The lowest BCUT2D eigenvalue weighted by Crippen LogP contribution is -2.41. The lowest BCUT2D eigenvalue weighted by atomic mass is 10.1. The van der Waals surface area contributed by atoms with Gasteiger partial charge in [0.25, 0.3) is 0 Å². The molecule has 4 nitrogen and oxygen atoms in total. The summed E-state index contributed by atoms with van der Waals surface area (Å²) in [5.41, 5.74) is 1.21. The molecule has 2 amide bonds. The summed E-state index contributed by atoms with van der Waals surface area (Å²) in [5, 5.41) is 7.82. The van der Waals surface area contributed by atoms with Gasteiger partial charge in [0.1, 0.15) is 11.9 Å². The standard InChI is InChI=1S/C16H18N2O2S/c1-11(15-7-4-8-21-15)18-16(19)17-10-13-9-12-5-2-3-6-14(12)20-13/h2-8,11,13H,9-10H2,1H3,(H2,17,18,19)/t11-,13+/m0/s1. The van der Waals surface area contributed by atoms with Crippen LogP contribution in [-0.2, 0) is 6.42 Å². The van der Waals surface area contributed by atoms with Crippen LogP contribution in [0.4, 0.5) is 4.79 Å². The van der Waals surface area contributed by atoms with Crippen molar-refractivity contribution in [1.82, 2.24) is 10.6 Å². The molecule has 2 N–H and O–H groups in total. The van der Waals surface area contributed by atoms with Gasteiger partial charge in [0, 0.05) is 11.3 Å². The second-order valence-corrected chi connectivity index (χ2v) is 6.12. The molecule has 0 saturated heterocycles. The molecule has 1 aromatic carbocycles. The van der Waals surface area contributed by atoms with Gasteiger partial charge >= 0.3 is 6.03 Å². The summed E-state index contributed by atoms with van der Waals surface area (Å²) in [6.07, 6.45) is 0.863. The average Bonchev–Trinajstić information content (AvgIpc) is 3.14. The predicted molar refractivity (Wildman–Crippen MR) is 83.8 cm³/mol. The monoisotopic (exact) mass is 302 g/mol. The molecule has 1 aliphatic rings. The second kappa shape index (κ2) is 6.18. The van der Waals surface area contributed by atoms with E-state index in [1.165, 1.54) is 5.56 Å². The summed E-state index contributed by atoms with van der Waals surface area (Å²) in [5.74, 6) is 0.927. The number of fused-ring (bicyclic) bond motifs is 1. The first-order chi connectivity index (χ1) is 10.2. The Kier molecular flexibility index (Phi) is 4.10. The Balaban J connectivity index is 1.45. The Morgan fingerprint density at radius 2 is 2.24 bits per heavy atom. The molecular formula is C16H18N2O2S. The van der Waals surface area contributed by atoms with Crippen LogP contribution in [0, 0.1) is 0 Å². The normalized spacial score (nSPS) is 17.7. The zero-order valence-electron chi connectivity index (χ0n) is 11.8. The SMILES string of the molecule is C[C@H](NC(=O)NC[C@H]1Cc2ccccc2O1)c1cccs1. The van der Waals surface area contributed by atoms with E-state index in [4.69, 9.17) is 4.74 Å². The molecule has 1 aromatic heterocycles. The molecule has 3 rings (SSSR count). The minimum absolute atomic E-state index is 0.0187. The van der Waals surface area contributed by atoms with Gasteiger partial charge in [-0.2, -0.15) is 0 Å². The fourth-order valence-corrected chi connectivity index (χ4v) is 3.17. The van der Waals surface area contributed by atoms with Crippen LogP contribution in [0.25, 0.3) is 0 Å². The molecule has 0 spiro atoms. The maximum Gasteiger partial charge on any atom is 0.315 e. The zero-order chi connectivity index (χ0) is 14.7. The molecular weight excluding hydrogens is 284 g/mol. The number of amides is 2. The van der Waals surface area contributed by atoms with Crippen LogP contribution in [0.3, 0.4) is 0 Å². The van der Waals surface area contributed by atoms with Crippen LogP contribution >= 0.6 is 11.3 Å². The van der Waals surface area contributed by atoms with Crippen molar-refractivity contribution in [1.29, 1.82) is 0 Å². The minimum Gasteiger partial charge on any atom is -0.488 e. The first kappa shape index (κ1) is 13.9. The molecule has 0 aliphatic carbocycles. The van der Waals surface area contributed by atoms with Crippen LogP contribution in [0.2, 0.25) is 0 Å². The molecule has 2 heterocycles. The molecule has 21 heavy (non-hydrogen) atoms. The number of ether oxygens (including phenoxy) is 1. The van der Waals surface area contributed by atoms with Gasteiger partial charge in [-0.25, -0.2) is 4.79 Å². The number of nitrogens with one attached hydrogen (secondary N) is 2. The summed E-state index contributed by atoms with van der Waals surface area (Å²) in [6.45, 7) is 2.49. The number of benzene rings is 1. The van der Waals surface area contributed by atoms with Crippen LogP contribution < -0.4 is 15.4 Å². The van der Waals surface area contributed by atoms with Crippen LogP contribution in [0.15, 0.2) is 41.8 Å². The highest BCUT2D eigenvalue weighted by Crippen LogP contribution is 2.27. The van der Waals surface area contributed by atoms with Gasteiger partial charge in [0.05, 0.1) is 12.6 Å². The van der Waals surface area contributed by atoms with Crippen LogP contribution in [0.1, 0.15) is 23.4 Å². The molecule has 110 valence electrons. The number of para-hydroxylation sites is 1. The number of urea groups is 1. The van der Waals surface area contributed by atoms with E-state index in [0.29, 0.717) is 6.54 Å². The van der Waals surface area contributed by atoms with E-state index >= 15 is 0 Å². The van der Waals surface area contributed by atoms with Crippen molar-refractivity contribution in [3.63, 3.8) is 0 Å². The number of rotatable bonds is 4. The number of hydrogen-bond acceptors (Lipinski definition) is 3. The molecule has 0 unspecified atom stereocenters. The lowest BCUT2D eigenvalue weighted by Gasteiger charge is -2.15. The first-order valence-corrected chi connectivity index (χ1v) is 7.92. The molecule has 5 heteroatoms. The number of thiophene rings is 1. The van der Waals surface area contributed by atoms with Crippen molar-refractivity contribution in [2.24, 2.45) is 0 Å². The maximum atomic E-state index is 11.9. The zero-order valence-corrected chi connectivity index (χ0v) is 12.7. The molecule has 0 saturated carbocycles. The third kappa shape index (κ3) is 3.36.